The first-order valence-electron chi connectivity index (χ1n) is 5.57. The number of carbonyl (C=O) groups excluding carboxylic acids is 1. The average Bonchev–Trinajstić information content (AvgIpc) is 2.55. The lowest BCUT2D eigenvalue weighted by Gasteiger charge is -2.15. The van der Waals surface area contributed by atoms with E-state index in [0.29, 0.717) is 5.76 Å². The Hall–Kier alpha value is -1.52. The van der Waals surface area contributed by atoms with Crippen LogP contribution < -0.4 is 5.82 Å². The Kier molecular flexibility index (Phi) is 5.71. The van der Waals surface area contributed by atoms with Crippen LogP contribution in [0, 0.1) is 12.3 Å². The van der Waals surface area contributed by atoms with Crippen molar-refractivity contribution >= 4 is 5.97 Å². The van der Waals surface area contributed by atoms with Crippen LogP contribution >= 0.6 is 0 Å². The maximum atomic E-state index is 11.4. The molecule has 0 aliphatic rings. The van der Waals surface area contributed by atoms with Gasteiger partial charge in [-0.25, -0.2) is 4.79 Å². The molecule has 0 aliphatic heterocycles. The first kappa shape index (κ1) is 15.5. The molecule has 0 atom stereocenters. The van der Waals surface area contributed by atoms with Crippen molar-refractivity contribution < 1.29 is 18.4 Å². The molecule has 0 saturated heterocycles. The summed E-state index contributed by atoms with van der Waals surface area (Å²) >= 11 is 0. The minimum Gasteiger partial charge on any atom is -0.457 e. The third-order valence-electron chi connectivity index (χ3n) is 1.78. The third kappa shape index (κ3) is 4.89. The molecule has 0 spiro atoms. The molecule has 98 valence electrons. The molecule has 1 rings (SSSR count). The van der Waals surface area contributed by atoms with Crippen LogP contribution in [0.2, 0.25) is 0 Å². The van der Waals surface area contributed by atoms with Gasteiger partial charge in [-0.1, -0.05) is 13.8 Å². The SMILES string of the molecule is CC.Cc1oc(=O)oc1COC(=O)C(C)(C)C. The van der Waals surface area contributed by atoms with Gasteiger partial charge in [0.05, 0.1) is 5.41 Å². The van der Waals surface area contributed by atoms with Gasteiger partial charge in [0, 0.05) is 0 Å². The normalized spacial score (nSPS) is 10.5. The maximum absolute atomic E-state index is 11.4. The molecule has 0 saturated carbocycles. The Morgan fingerprint density at radius 1 is 1.24 bits per heavy atom. The van der Waals surface area contributed by atoms with Crippen LogP contribution in [0.5, 0.6) is 0 Å². The van der Waals surface area contributed by atoms with E-state index in [1.54, 1.807) is 27.7 Å². The lowest BCUT2D eigenvalue weighted by atomic mass is 9.97. The van der Waals surface area contributed by atoms with E-state index < -0.39 is 11.2 Å². The molecule has 17 heavy (non-hydrogen) atoms. The summed E-state index contributed by atoms with van der Waals surface area (Å²) in [6.07, 6.45) is 0. The topological polar surface area (TPSA) is 69.7 Å². The number of esters is 1. The number of hydrogen-bond acceptors (Lipinski definition) is 5. The van der Waals surface area contributed by atoms with Crippen molar-refractivity contribution in [1.82, 2.24) is 0 Å². The van der Waals surface area contributed by atoms with Crippen molar-refractivity contribution in [1.29, 1.82) is 0 Å². The van der Waals surface area contributed by atoms with E-state index in [2.05, 4.69) is 8.83 Å². The zero-order valence-electron chi connectivity index (χ0n) is 11.2. The van der Waals surface area contributed by atoms with Gasteiger partial charge in [0.2, 0.25) is 0 Å². The van der Waals surface area contributed by atoms with E-state index in [4.69, 9.17) is 4.74 Å². The minimum atomic E-state index is -0.783. The van der Waals surface area contributed by atoms with Crippen molar-refractivity contribution in [2.45, 2.75) is 48.1 Å². The fourth-order valence-electron chi connectivity index (χ4n) is 0.854. The van der Waals surface area contributed by atoms with Gasteiger partial charge in [0.1, 0.15) is 0 Å². The molecule has 0 aromatic carbocycles. The first-order chi connectivity index (χ1) is 7.80. The Morgan fingerprint density at radius 2 is 1.76 bits per heavy atom. The van der Waals surface area contributed by atoms with E-state index in [-0.39, 0.29) is 18.3 Å². The Balaban J connectivity index is 0.00000121. The van der Waals surface area contributed by atoms with Crippen LogP contribution in [0.25, 0.3) is 0 Å². The molecule has 5 heteroatoms. The van der Waals surface area contributed by atoms with Crippen molar-refractivity contribution in [3.8, 4) is 0 Å². The average molecular weight is 244 g/mol. The highest BCUT2D eigenvalue weighted by atomic mass is 16.6. The lowest BCUT2D eigenvalue weighted by molar-refractivity contribution is -0.154. The van der Waals surface area contributed by atoms with Crippen LogP contribution in [-0.2, 0) is 16.1 Å². The molecule has 0 amide bonds. The lowest BCUT2D eigenvalue weighted by Crippen LogP contribution is -2.22. The smallest absolute Gasteiger partial charge is 0.457 e. The predicted molar refractivity (Wildman–Crippen MR) is 62.6 cm³/mol. The molecular weight excluding hydrogens is 224 g/mol. The monoisotopic (exact) mass is 244 g/mol. The summed E-state index contributed by atoms with van der Waals surface area (Å²) < 4.78 is 14.3. The highest BCUT2D eigenvalue weighted by Gasteiger charge is 2.24. The summed E-state index contributed by atoms with van der Waals surface area (Å²) in [4.78, 5) is 22.1. The molecule has 0 fully saturated rings. The molecule has 0 aliphatic carbocycles. The third-order valence-corrected chi connectivity index (χ3v) is 1.78. The number of aryl methyl sites for hydroxylation is 1. The van der Waals surface area contributed by atoms with Crippen molar-refractivity contribution in [2.24, 2.45) is 5.41 Å². The standard InChI is InChI=1S/C10H14O5.C2H6/c1-6-7(15-9(12)14-6)5-13-8(11)10(2,3)4;1-2/h5H2,1-4H3;1-2H3. The quantitative estimate of drug-likeness (QED) is 0.748. The number of hydrogen-bond donors (Lipinski definition) is 0. The molecular formula is C12H20O5. The Bertz CT molecular complexity index is 405. The largest absolute Gasteiger partial charge is 0.519 e. The van der Waals surface area contributed by atoms with Gasteiger partial charge in [0.25, 0.3) is 0 Å². The fraction of sp³-hybridized carbons (Fsp3) is 0.667. The van der Waals surface area contributed by atoms with Crippen molar-refractivity contribution in [2.75, 3.05) is 0 Å². The fourth-order valence-corrected chi connectivity index (χ4v) is 0.854. The molecule has 5 nitrogen and oxygen atoms in total. The van der Waals surface area contributed by atoms with E-state index in [0.717, 1.165) is 0 Å². The number of carbonyl (C=O) groups is 1. The second-order valence-electron chi connectivity index (χ2n) is 4.26. The van der Waals surface area contributed by atoms with Crippen LogP contribution in [-0.4, -0.2) is 5.97 Å². The van der Waals surface area contributed by atoms with Gasteiger partial charge in [-0.05, 0) is 27.7 Å². The summed E-state index contributed by atoms with van der Waals surface area (Å²) in [6, 6.07) is 0. The van der Waals surface area contributed by atoms with Gasteiger partial charge in [-0.15, -0.1) is 0 Å². The summed E-state index contributed by atoms with van der Waals surface area (Å²) in [5, 5.41) is 0. The predicted octanol–water partition coefficient (Wildman–Crippen LogP) is 2.66. The van der Waals surface area contributed by atoms with E-state index >= 15 is 0 Å². The molecule has 1 aromatic rings. The Labute approximate surface area is 101 Å². The van der Waals surface area contributed by atoms with Crippen LogP contribution in [0.3, 0.4) is 0 Å². The zero-order chi connectivity index (χ0) is 13.6. The minimum absolute atomic E-state index is 0.0757. The summed E-state index contributed by atoms with van der Waals surface area (Å²) in [5.41, 5.74) is -0.571. The summed E-state index contributed by atoms with van der Waals surface area (Å²) in [6.45, 7) is 10.7. The molecule has 1 aromatic heterocycles. The highest BCUT2D eigenvalue weighted by molar-refractivity contribution is 5.75. The van der Waals surface area contributed by atoms with E-state index in [1.165, 1.54) is 0 Å². The van der Waals surface area contributed by atoms with Crippen molar-refractivity contribution in [3.63, 3.8) is 0 Å². The van der Waals surface area contributed by atoms with Gasteiger partial charge >= 0.3 is 11.8 Å². The summed E-state index contributed by atoms with van der Waals surface area (Å²) in [7, 11) is 0. The molecule has 0 unspecified atom stereocenters. The zero-order valence-corrected chi connectivity index (χ0v) is 11.2. The van der Waals surface area contributed by atoms with E-state index in [9.17, 15) is 9.59 Å². The molecule has 0 radical (unpaired) electrons. The van der Waals surface area contributed by atoms with Crippen LogP contribution in [0.4, 0.5) is 0 Å². The number of ether oxygens (including phenoxy) is 1. The van der Waals surface area contributed by atoms with Gasteiger partial charge < -0.3 is 13.6 Å². The highest BCUT2D eigenvalue weighted by Crippen LogP contribution is 2.17. The molecule has 0 N–H and O–H groups in total. The second kappa shape index (κ2) is 6.27. The Morgan fingerprint density at radius 3 is 2.12 bits per heavy atom. The van der Waals surface area contributed by atoms with Crippen LogP contribution in [0.15, 0.2) is 13.6 Å². The van der Waals surface area contributed by atoms with Gasteiger partial charge in [-0.3, -0.25) is 4.79 Å². The van der Waals surface area contributed by atoms with E-state index in [1.807, 2.05) is 13.8 Å². The first-order valence-corrected chi connectivity index (χ1v) is 5.57. The van der Waals surface area contributed by atoms with Gasteiger partial charge in [-0.2, -0.15) is 0 Å². The second-order valence-corrected chi connectivity index (χ2v) is 4.26. The number of rotatable bonds is 2. The molecule has 0 bridgehead atoms. The summed E-state index contributed by atoms with van der Waals surface area (Å²) in [5.74, 6) is -0.556. The maximum Gasteiger partial charge on any atom is 0.519 e. The van der Waals surface area contributed by atoms with Crippen LogP contribution in [0.1, 0.15) is 46.1 Å². The van der Waals surface area contributed by atoms with Crippen molar-refractivity contribution in [3.05, 3.63) is 22.1 Å². The van der Waals surface area contributed by atoms with Gasteiger partial charge in [0.15, 0.2) is 18.1 Å². The molecule has 1 heterocycles.